The molecule has 1 rings (SSSR count). The number of unbranched alkanes of at least 4 members (excludes halogenated alkanes) is 1. The highest BCUT2D eigenvalue weighted by Gasteiger charge is 2.13. The number of ether oxygens (including phenoxy) is 1. The molecule has 0 atom stereocenters. The molecule has 5 heteroatoms. The monoisotopic (exact) mass is 314 g/mol. The summed E-state index contributed by atoms with van der Waals surface area (Å²) in [4.78, 5) is 14.0. The smallest absolute Gasteiger partial charge is 0.248 e. The lowest BCUT2D eigenvalue weighted by Crippen LogP contribution is -2.35. The van der Waals surface area contributed by atoms with Gasteiger partial charge in [-0.15, -0.1) is 12.4 Å². The predicted octanol–water partition coefficient (Wildman–Crippen LogP) is 2.60. The van der Waals surface area contributed by atoms with Gasteiger partial charge in [-0.1, -0.05) is 43.7 Å². The Morgan fingerprint density at radius 3 is 2.57 bits per heavy atom. The number of benzene rings is 1. The van der Waals surface area contributed by atoms with E-state index in [9.17, 15) is 4.79 Å². The summed E-state index contributed by atoms with van der Waals surface area (Å²) in [5.41, 5.74) is 6.67. The number of hydrogen-bond acceptors (Lipinski definition) is 3. The number of rotatable bonds is 10. The van der Waals surface area contributed by atoms with Crippen LogP contribution in [0.25, 0.3) is 0 Å². The van der Waals surface area contributed by atoms with E-state index in [1.165, 1.54) is 0 Å². The molecular weight excluding hydrogens is 288 g/mol. The van der Waals surface area contributed by atoms with Crippen LogP contribution in [-0.4, -0.2) is 37.1 Å². The largest absolute Gasteiger partial charge is 0.372 e. The third kappa shape index (κ3) is 8.71. The highest BCUT2D eigenvalue weighted by molar-refractivity contribution is 5.85. The summed E-state index contributed by atoms with van der Waals surface area (Å²) in [5, 5.41) is 0. The maximum absolute atomic E-state index is 12.2. The molecule has 0 aliphatic heterocycles. The lowest BCUT2D eigenvalue weighted by atomic mass is 10.2. The molecular formula is C16H27ClN2O2. The van der Waals surface area contributed by atoms with Gasteiger partial charge in [0.1, 0.15) is 6.61 Å². The predicted molar refractivity (Wildman–Crippen MR) is 88.5 cm³/mol. The summed E-state index contributed by atoms with van der Waals surface area (Å²) < 4.78 is 5.41. The van der Waals surface area contributed by atoms with Gasteiger partial charge in [0.05, 0.1) is 0 Å². The third-order valence-corrected chi connectivity index (χ3v) is 3.07. The fourth-order valence-corrected chi connectivity index (χ4v) is 1.88. The second kappa shape index (κ2) is 12.6. The lowest BCUT2D eigenvalue weighted by Gasteiger charge is -2.22. The zero-order chi connectivity index (χ0) is 14.6. The summed E-state index contributed by atoms with van der Waals surface area (Å²) in [6.07, 6.45) is 2.89. The van der Waals surface area contributed by atoms with E-state index in [2.05, 4.69) is 6.92 Å². The second-order valence-electron chi connectivity index (χ2n) is 4.85. The highest BCUT2D eigenvalue weighted by Crippen LogP contribution is 2.06. The Morgan fingerprint density at radius 1 is 1.24 bits per heavy atom. The number of carbonyl (C=O) groups excluding carboxylic acids is 1. The number of hydrogen-bond donors (Lipinski definition) is 1. The molecule has 0 radical (unpaired) electrons. The molecule has 1 aromatic rings. The fraction of sp³-hybridized carbons (Fsp3) is 0.562. The van der Waals surface area contributed by atoms with Crippen molar-refractivity contribution in [3.63, 3.8) is 0 Å². The summed E-state index contributed by atoms with van der Waals surface area (Å²) >= 11 is 0. The molecule has 0 saturated heterocycles. The normalized spacial score (nSPS) is 10.0. The van der Waals surface area contributed by atoms with Crippen molar-refractivity contribution in [2.45, 2.75) is 32.7 Å². The second-order valence-corrected chi connectivity index (χ2v) is 4.85. The summed E-state index contributed by atoms with van der Waals surface area (Å²) in [6, 6.07) is 10.0. The molecule has 4 nitrogen and oxygen atoms in total. The SMILES string of the molecule is CCCCOCC(=O)N(CCCN)Cc1ccccc1.Cl. The maximum Gasteiger partial charge on any atom is 0.248 e. The third-order valence-electron chi connectivity index (χ3n) is 3.07. The van der Waals surface area contributed by atoms with Gasteiger partial charge in [-0.2, -0.15) is 0 Å². The number of halogens is 1. The van der Waals surface area contributed by atoms with Gasteiger partial charge in [-0.3, -0.25) is 4.79 Å². The van der Waals surface area contributed by atoms with Crippen molar-refractivity contribution in [1.29, 1.82) is 0 Å². The van der Waals surface area contributed by atoms with Gasteiger partial charge in [-0.25, -0.2) is 0 Å². The standard InChI is InChI=1S/C16H26N2O2.ClH/c1-2-3-12-20-14-16(19)18(11-7-10-17)13-15-8-5-4-6-9-15;/h4-6,8-9H,2-3,7,10-14,17H2,1H3;1H. The quantitative estimate of drug-likeness (QED) is 0.675. The molecule has 0 unspecified atom stereocenters. The van der Waals surface area contributed by atoms with Crippen LogP contribution < -0.4 is 5.73 Å². The van der Waals surface area contributed by atoms with Gasteiger partial charge in [-0.05, 0) is 24.9 Å². The Labute approximate surface area is 134 Å². The van der Waals surface area contributed by atoms with E-state index >= 15 is 0 Å². The van der Waals surface area contributed by atoms with Crippen LogP contribution in [0.1, 0.15) is 31.7 Å². The molecule has 120 valence electrons. The van der Waals surface area contributed by atoms with Gasteiger partial charge in [0, 0.05) is 19.7 Å². The molecule has 0 spiro atoms. The highest BCUT2D eigenvalue weighted by atomic mass is 35.5. The van der Waals surface area contributed by atoms with E-state index < -0.39 is 0 Å². The van der Waals surface area contributed by atoms with Crippen LogP contribution in [0.5, 0.6) is 0 Å². The Hall–Kier alpha value is -1.10. The van der Waals surface area contributed by atoms with Crippen LogP contribution in [0.15, 0.2) is 30.3 Å². The molecule has 0 saturated carbocycles. The van der Waals surface area contributed by atoms with Crippen LogP contribution in [0.2, 0.25) is 0 Å². The van der Waals surface area contributed by atoms with Crippen molar-refractivity contribution in [2.75, 3.05) is 26.3 Å². The molecule has 1 aromatic carbocycles. The molecule has 0 fully saturated rings. The molecule has 1 amide bonds. The van der Waals surface area contributed by atoms with Crippen LogP contribution in [0, 0.1) is 0 Å². The zero-order valence-corrected chi connectivity index (χ0v) is 13.6. The van der Waals surface area contributed by atoms with Gasteiger partial charge >= 0.3 is 0 Å². The van der Waals surface area contributed by atoms with Crippen molar-refractivity contribution in [1.82, 2.24) is 4.90 Å². The van der Waals surface area contributed by atoms with E-state index in [-0.39, 0.29) is 24.9 Å². The topological polar surface area (TPSA) is 55.6 Å². The molecule has 0 aliphatic rings. The number of nitrogens with zero attached hydrogens (tertiary/aromatic N) is 1. The molecule has 0 bridgehead atoms. The first-order valence-corrected chi connectivity index (χ1v) is 7.37. The van der Waals surface area contributed by atoms with Crippen molar-refractivity contribution >= 4 is 18.3 Å². The number of amides is 1. The minimum Gasteiger partial charge on any atom is -0.372 e. The summed E-state index contributed by atoms with van der Waals surface area (Å²) in [7, 11) is 0. The van der Waals surface area contributed by atoms with Crippen molar-refractivity contribution in [3.8, 4) is 0 Å². The zero-order valence-electron chi connectivity index (χ0n) is 12.8. The van der Waals surface area contributed by atoms with E-state index in [0.29, 0.717) is 26.2 Å². The first-order valence-electron chi connectivity index (χ1n) is 7.37. The van der Waals surface area contributed by atoms with Gasteiger partial charge in [0.25, 0.3) is 0 Å². The molecule has 21 heavy (non-hydrogen) atoms. The van der Waals surface area contributed by atoms with Crippen LogP contribution >= 0.6 is 12.4 Å². The van der Waals surface area contributed by atoms with Crippen LogP contribution in [0.3, 0.4) is 0 Å². The average molecular weight is 315 g/mol. The molecule has 0 aromatic heterocycles. The number of nitrogens with two attached hydrogens (primary N) is 1. The van der Waals surface area contributed by atoms with Crippen LogP contribution in [0.4, 0.5) is 0 Å². The molecule has 0 heterocycles. The first kappa shape index (κ1) is 19.9. The summed E-state index contributed by atoms with van der Waals surface area (Å²) in [5.74, 6) is 0.0402. The average Bonchev–Trinajstić information content (AvgIpc) is 2.48. The van der Waals surface area contributed by atoms with Gasteiger partial charge in [0.15, 0.2) is 0 Å². The summed E-state index contributed by atoms with van der Waals surface area (Å²) in [6.45, 7) is 4.82. The van der Waals surface area contributed by atoms with Gasteiger partial charge in [0.2, 0.25) is 5.91 Å². The van der Waals surface area contributed by atoms with E-state index in [0.717, 1.165) is 24.8 Å². The Bertz CT molecular complexity index is 374. The minimum absolute atomic E-state index is 0. The van der Waals surface area contributed by atoms with Gasteiger partial charge < -0.3 is 15.4 Å². The van der Waals surface area contributed by atoms with E-state index in [1.54, 1.807) is 0 Å². The van der Waals surface area contributed by atoms with Crippen molar-refractivity contribution in [2.24, 2.45) is 5.73 Å². The maximum atomic E-state index is 12.2. The van der Waals surface area contributed by atoms with E-state index in [4.69, 9.17) is 10.5 Å². The number of carbonyl (C=O) groups is 1. The Balaban J connectivity index is 0.00000400. The van der Waals surface area contributed by atoms with Crippen LogP contribution in [-0.2, 0) is 16.1 Å². The fourth-order valence-electron chi connectivity index (χ4n) is 1.88. The van der Waals surface area contributed by atoms with E-state index in [1.807, 2.05) is 35.2 Å². The van der Waals surface area contributed by atoms with Crippen molar-refractivity contribution < 1.29 is 9.53 Å². The Kier molecular flexibility index (Phi) is 12.0. The Morgan fingerprint density at radius 2 is 1.95 bits per heavy atom. The minimum atomic E-state index is 0. The lowest BCUT2D eigenvalue weighted by molar-refractivity contribution is -0.136. The van der Waals surface area contributed by atoms with Crippen molar-refractivity contribution in [3.05, 3.63) is 35.9 Å². The molecule has 2 N–H and O–H groups in total. The first-order chi connectivity index (χ1) is 9.77. The molecule has 0 aliphatic carbocycles.